The fourth-order valence-corrected chi connectivity index (χ4v) is 6.43. The first-order valence-corrected chi connectivity index (χ1v) is 12.4. The van der Waals surface area contributed by atoms with Crippen molar-refractivity contribution >= 4 is 37.7 Å². The molecule has 4 heterocycles. The average Bonchev–Trinajstić information content (AvgIpc) is 3.32. The minimum Gasteiger partial charge on any atom is -0.295 e. The molecular formula is C17H21N5O3S3. The van der Waals surface area contributed by atoms with E-state index in [1.165, 1.54) is 21.9 Å². The molecule has 8 nitrogen and oxygen atoms in total. The molecule has 1 fully saturated rings. The first kappa shape index (κ1) is 19.6. The average molecular weight is 440 g/mol. The highest BCUT2D eigenvalue weighted by atomic mass is 32.2. The van der Waals surface area contributed by atoms with E-state index in [2.05, 4.69) is 15.0 Å². The minimum atomic E-state index is -3.15. The van der Waals surface area contributed by atoms with Crippen LogP contribution in [0, 0.1) is 0 Å². The molecule has 4 rings (SSSR count). The molecule has 0 unspecified atom stereocenters. The number of piperazine rings is 1. The summed E-state index contributed by atoms with van der Waals surface area (Å²) in [6.07, 6.45) is 0.624. The van der Waals surface area contributed by atoms with Crippen molar-refractivity contribution in [3.63, 3.8) is 0 Å². The van der Waals surface area contributed by atoms with Crippen molar-refractivity contribution in [1.29, 1.82) is 0 Å². The lowest BCUT2D eigenvalue weighted by Gasteiger charge is -2.33. The second kappa shape index (κ2) is 7.99. The minimum absolute atomic E-state index is 0.191. The molecule has 11 heteroatoms. The molecule has 0 aromatic carbocycles. The molecule has 1 aliphatic rings. The molecule has 0 atom stereocenters. The topological polar surface area (TPSA) is 87.9 Å². The standard InChI is InChI=1S/C17H21N5O3S3/c1-2-10-28(24,25)21-7-5-20(6-8-21)12-13-11-15(23)22-17(18-13)27-16(19-22)14-4-3-9-26-14/h3-4,9,11H,2,5-8,10,12H2,1H3. The number of fused-ring (bicyclic) bond motifs is 1. The van der Waals surface area contributed by atoms with Crippen LogP contribution in [0.5, 0.6) is 0 Å². The fourth-order valence-electron chi connectivity index (χ4n) is 3.22. The van der Waals surface area contributed by atoms with E-state index in [-0.39, 0.29) is 11.3 Å². The SMILES string of the molecule is CCCS(=O)(=O)N1CCN(Cc2cc(=O)n3nc(-c4cccs4)sc3n2)CC1. The molecule has 0 spiro atoms. The van der Waals surface area contributed by atoms with Crippen molar-refractivity contribution in [3.05, 3.63) is 39.6 Å². The molecule has 0 amide bonds. The zero-order valence-corrected chi connectivity index (χ0v) is 17.9. The lowest BCUT2D eigenvalue weighted by Crippen LogP contribution is -2.48. The third-order valence-corrected chi connectivity index (χ3v) is 8.63. The Morgan fingerprint density at radius 1 is 1.21 bits per heavy atom. The van der Waals surface area contributed by atoms with E-state index in [9.17, 15) is 13.2 Å². The van der Waals surface area contributed by atoms with Crippen molar-refractivity contribution in [3.8, 4) is 9.88 Å². The molecule has 1 aliphatic heterocycles. The van der Waals surface area contributed by atoms with Gasteiger partial charge in [0.2, 0.25) is 15.0 Å². The summed E-state index contributed by atoms with van der Waals surface area (Å²) in [5.74, 6) is 0.194. The number of aromatic nitrogens is 3. The van der Waals surface area contributed by atoms with Gasteiger partial charge in [0.1, 0.15) is 0 Å². The summed E-state index contributed by atoms with van der Waals surface area (Å²) in [7, 11) is -3.15. The van der Waals surface area contributed by atoms with E-state index in [1.54, 1.807) is 15.6 Å². The maximum Gasteiger partial charge on any atom is 0.275 e. The van der Waals surface area contributed by atoms with Crippen molar-refractivity contribution in [1.82, 2.24) is 23.8 Å². The molecule has 150 valence electrons. The van der Waals surface area contributed by atoms with Gasteiger partial charge in [-0.1, -0.05) is 24.3 Å². The van der Waals surface area contributed by atoms with E-state index in [4.69, 9.17) is 0 Å². The van der Waals surface area contributed by atoms with E-state index in [1.807, 2.05) is 24.4 Å². The Labute approximate surface area is 171 Å². The Hall–Kier alpha value is -1.66. The van der Waals surface area contributed by atoms with Crippen molar-refractivity contribution in [2.75, 3.05) is 31.9 Å². The molecule has 3 aromatic rings. The highest BCUT2D eigenvalue weighted by Gasteiger charge is 2.26. The molecule has 3 aromatic heterocycles. The van der Waals surface area contributed by atoms with Gasteiger partial charge in [0.15, 0.2) is 5.01 Å². The van der Waals surface area contributed by atoms with Gasteiger partial charge in [0, 0.05) is 38.8 Å². The first-order chi connectivity index (χ1) is 13.5. The molecule has 0 N–H and O–H groups in total. The Bertz CT molecular complexity index is 1110. The largest absolute Gasteiger partial charge is 0.295 e. The Balaban J connectivity index is 1.48. The van der Waals surface area contributed by atoms with Crippen LogP contribution in [0.3, 0.4) is 0 Å². The van der Waals surface area contributed by atoms with Gasteiger partial charge >= 0.3 is 0 Å². The Kier molecular flexibility index (Phi) is 5.61. The number of thiophene rings is 1. The fraction of sp³-hybridized carbons (Fsp3) is 0.471. The summed E-state index contributed by atoms with van der Waals surface area (Å²) in [5.41, 5.74) is 0.500. The molecule has 0 radical (unpaired) electrons. The van der Waals surface area contributed by atoms with Crippen LogP contribution in [0.4, 0.5) is 0 Å². The number of sulfonamides is 1. The first-order valence-electron chi connectivity index (χ1n) is 9.10. The van der Waals surface area contributed by atoms with E-state index < -0.39 is 10.0 Å². The van der Waals surface area contributed by atoms with Gasteiger partial charge in [-0.3, -0.25) is 9.69 Å². The molecule has 0 bridgehead atoms. The van der Waals surface area contributed by atoms with Crippen molar-refractivity contribution in [2.45, 2.75) is 19.9 Å². The second-order valence-electron chi connectivity index (χ2n) is 6.66. The van der Waals surface area contributed by atoms with Gasteiger partial charge in [-0.15, -0.1) is 11.3 Å². The highest BCUT2D eigenvalue weighted by Crippen LogP contribution is 2.28. The zero-order chi connectivity index (χ0) is 19.7. The summed E-state index contributed by atoms with van der Waals surface area (Å²) in [5, 5.41) is 7.14. The van der Waals surface area contributed by atoms with Gasteiger partial charge < -0.3 is 0 Å². The van der Waals surface area contributed by atoms with Crippen LogP contribution in [-0.4, -0.2) is 64.2 Å². The summed E-state index contributed by atoms with van der Waals surface area (Å²) in [6.45, 7) is 4.62. The van der Waals surface area contributed by atoms with Crippen LogP contribution in [-0.2, 0) is 16.6 Å². The zero-order valence-electron chi connectivity index (χ0n) is 15.4. The molecular weight excluding hydrogens is 418 g/mol. The van der Waals surface area contributed by atoms with Crippen LogP contribution >= 0.6 is 22.7 Å². The van der Waals surface area contributed by atoms with Gasteiger partial charge in [-0.25, -0.2) is 13.4 Å². The van der Waals surface area contributed by atoms with Gasteiger partial charge in [0.25, 0.3) is 5.56 Å². The van der Waals surface area contributed by atoms with Crippen LogP contribution < -0.4 is 5.56 Å². The summed E-state index contributed by atoms with van der Waals surface area (Å²) >= 11 is 2.98. The smallest absolute Gasteiger partial charge is 0.275 e. The normalized spacial score (nSPS) is 16.8. The summed E-state index contributed by atoms with van der Waals surface area (Å²) in [4.78, 5) is 20.8. The van der Waals surface area contributed by atoms with Crippen LogP contribution in [0.25, 0.3) is 14.8 Å². The Morgan fingerprint density at radius 2 is 2.00 bits per heavy atom. The predicted molar refractivity (Wildman–Crippen MR) is 111 cm³/mol. The maximum atomic E-state index is 12.4. The monoisotopic (exact) mass is 439 g/mol. The molecule has 0 aliphatic carbocycles. The quantitative estimate of drug-likeness (QED) is 0.581. The predicted octanol–water partition coefficient (Wildman–Crippen LogP) is 1.74. The number of rotatable bonds is 6. The lowest BCUT2D eigenvalue weighted by atomic mass is 10.3. The van der Waals surface area contributed by atoms with Crippen molar-refractivity contribution < 1.29 is 8.42 Å². The van der Waals surface area contributed by atoms with Gasteiger partial charge in [0.05, 0.1) is 16.3 Å². The lowest BCUT2D eigenvalue weighted by molar-refractivity contribution is 0.180. The highest BCUT2D eigenvalue weighted by molar-refractivity contribution is 7.89. The van der Waals surface area contributed by atoms with E-state index >= 15 is 0 Å². The van der Waals surface area contributed by atoms with Crippen LogP contribution in [0.15, 0.2) is 28.4 Å². The second-order valence-corrected chi connectivity index (χ2v) is 10.6. The van der Waals surface area contributed by atoms with Crippen LogP contribution in [0.2, 0.25) is 0 Å². The maximum absolute atomic E-state index is 12.4. The number of hydrogen-bond acceptors (Lipinski definition) is 8. The third kappa shape index (κ3) is 4.03. The van der Waals surface area contributed by atoms with E-state index in [0.717, 1.165) is 9.88 Å². The van der Waals surface area contributed by atoms with Crippen LogP contribution in [0.1, 0.15) is 19.0 Å². The molecule has 1 saturated heterocycles. The van der Waals surface area contributed by atoms with Gasteiger partial charge in [-0.2, -0.15) is 13.9 Å². The van der Waals surface area contributed by atoms with Gasteiger partial charge in [-0.05, 0) is 17.9 Å². The van der Waals surface area contributed by atoms with Crippen molar-refractivity contribution in [2.24, 2.45) is 0 Å². The van der Waals surface area contributed by atoms with E-state index in [0.29, 0.717) is 49.8 Å². The number of hydrogen-bond donors (Lipinski definition) is 0. The summed E-state index contributed by atoms with van der Waals surface area (Å²) < 4.78 is 27.3. The summed E-state index contributed by atoms with van der Waals surface area (Å²) in [6, 6.07) is 5.44. The number of nitrogens with zero attached hydrogens (tertiary/aromatic N) is 5. The third-order valence-electron chi connectivity index (χ3n) is 4.60. The Morgan fingerprint density at radius 3 is 2.68 bits per heavy atom. The molecule has 0 saturated carbocycles. The molecule has 28 heavy (non-hydrogen) atoms.